The van der Waals surface area contributed by atoms with Gasteiger partial charge >= 0.3 is 0 Å². The molecule has 2 N–H and O–H groups in total. The van der Waals surface area contributed by atoms with Crippen molar-refractivity contribution in [2.24, 2.45) is 0 Å². The Labute approximate surface area is 122 Å². The van der Waals surface area contributed by atoms with Crippen molar-refractivity contribution in [1.82, 2.24) is 5.32 Å². The third-order valence-electron chi connectivity index (χ3n) is 3.59. The van der Waals surface area contributed by atoms with Crippen molar-refractivity contribution in [2.45, 2.75) is 0 Å². The summed E-state index contributed by atoms with van der Waals surface area (Å²) in [6.45, 7) is 0. The van der Waals surface area contributed by atoms with Crippen LogP contribution in [0.3, 0.4) is 0 Å². The number of amides is 1. The Hall–Kier alpha value is -2.81. The van der Waals surface area contributed by atoms with Gasteiger partial charge in [0.15, 0.2) is 0 Å². The number of phenols is 1. The van der Waals surface area contributed by atoms with Crippen LogP contribution >= 0.6 is 0 Å². The summed E-state index contributed by atoms with van der Waals surface area (Å²) in [5.41, 5.74) is 1.85. The van der Waals surface area contributed by atoms with Gasteiger partial charge < -0.3 is 10.4 Å². The molecule has 0 aliphatic carbocycles. The maximum atomic E-state index is 11.8. The molecule has 0 spiro atoms. The number of rotatable bonds is 2. The predicted octanol–water partition coefficient (Wildman–Crippen LogP) is 3.57. The molecule has 0 aromatic heterocycles. The summed E-state index contributed by atoms with van der Waals surface area (Å²) < 4.78 is 0. The van der Waals surface area contributed by atoms with Gasteiger partial charge in [-0.3, -0.25) is 4.79 Å². The van der Waals surface area contributed by atoms with E-state index in [2.05, 4.69) is 5.32 Å². The van der Waals surface area contributed by atoms with Crippen LogP contribution in [0.4, 0.5) is 0 Å². The van der Waals surface area contributed by atoms with Crippen LogP contribution in [0.2, 0.25) is 0 Å². The van der Waals surface area contributed by atoms with Crippen molar-refractivity contribution in [1.29, 1.82) is 0 Å². The molecule has 21 heavy (non-hydrogen) atoms. The highest BCUT2D eigenvalue weighted by atomic mass is 16.3. The van der Waals surface area contributed by atoms with Gasteiger partial charge in [0.25, 0.3) is 5.91 Å². The second kappa shape index (κ2) is 5.29. The van der Waals surface area contributed by atoms with E-state index in [1.165, 1.54) is 0 Å². The number of hydrogen-bond donors (Lipinski definition) is 2. The number of benzene rings is 3. The Morgan fingerprint density at radius 1 is 0.905 bits per heavy atom. The molecule has 0 aliphatic heterocycles. The van der Waals surface area contributed by atoms with E-state index < -0.39 is 0 Å². The minimum absolute atomic E-state index is 0.00760. The van der Waals surface area contributed by atoms with Gasteiger partial charge in [0.2, 0.25) is 0 Å². The fourth-order valence-electron chi connectivity index (χ4n) is 2.54. The highest BCUT2D eigenvalue weighted by molar-refractivity contribution is 6.03. The number of phenolic OH excluding ortho intramolecular Hbond substituents is 1. The quantitative estimate of drug-likeness (QED) is 0.752. The molecule has 0 heterocycles. The van der Waals surface area contributed by atoms with Crippen LogP contribution in [0, 0.1) is 0 Å². The zero-order chi connectivity index (χ0) is 14.8. The fraction of sp³-hybridized carbons (Fsp3) is 0.0556. The van der Waals surface area contributed by atoms with Crippen molar-refractivity contribution >= 4 is 16.7 Å². The Balaban J connectivity index is 2.27. The molecular formula is C18H15NO2. The van der Waals surface area contributed by atoms with Gasteiger partial charge in [-0.1, -0.05) is 54.6 Å². The van der Waals surface area contributed by atoms with Crippen LogP contribution in [0.15, 0.2) is 60.7 Å². The van der Waals surface area contributed by atoms with Crippen molar-refractivity contribution in [3.63, 3.8) is 0 Å². The minimum atomic E-state index is -0.297. The second-order valence-corrected chi connectivity index (χ2v) is 4.81. The van der Waals surface area contributed by atoms with E-state index in [0.717, 1.165) is 16.3 Å². The van der Waals surface area contributed by atoms with Gasteiger partial charge in [0, 0.05) is 12.6 Å². The number of hydrogen-bond acceptors (Lipinski definition) is 2. The molecule has 3 rings (SSSR count). The van der Waals surface area contributed by atoms with Crippen LogP contribution in [-0.2, 0) is 0 Å². The fourth-order valence-corrected chi connectivity index (χ4v) is 2.54. The standard InChI is InChI=1S/C18H15NO2/c1-19-18(21)16-11-5-10-15(17(16)20)14-9-4-7-12-6-2-3-8-13(12)14/h2-11,20H,1H3,(H,19,21). The van der Waals surface area contributed by atoms with Gasteiger partial charge in [-0.2, -0.15) is 0 Å². The topological polar surface area (TPSA) is 49.3 Å². The Bertz CT molecular complexity index is 819. The van der Waals surface area contributed by atoms with Gasteiger partial charge in [-0.15, -0.1) is 0 Å². The molecule has 0 atom stereocenters. The Morgan fingerprint density at radius 2 is 1.57 bits per heavy atom. The molecule has 0 bridgehead atoms. The van der Waals surface area contributed by atoms with Crippen LogP contribution < -0.4 is 5.32 Å². The van der Waals surface area contributed by atoms with Gasteiger partial charge in [0.05, 0.1) is 5.56 Å². The maximum Gasteiger partial charge on any atom is 0.254 e. The Morgan fingerprint density at radius 3 is 2.38 bits per heavy atom. The zero-order valence-electron chi connectivity index (χ0n) is 11.6. The van der Waals surface area contributed by atoms with Crippen LogP contribution in [0.5, 0.6) is 5.75 Å². The molecular weight excluding hydrogens is 262 g/mol. The second-order valence-electron chi connectivity index (χ2n) is 4.81. The van der Waals surface area contributed by atoms with Gasteiger partial charge in [0.1, 0.15) is 5.75 Å². The number of carbonyl (C=O) groups excluding carboxylic acids is 1. The molecule has 0 aliphatic rings. The number of nitrogens with one attached hydrogen (secondary N) is 1. The number of carbonyl (C=O) groups is 1. The highest BCUT2D eigenvalue weighted by Gasteiger charge is 2.15. The maximum absolute atomic E-state index is 11.8. The van der Waals surface area contributed by atoms with Crippen LogP contribution in [0.1, 0.15) is 10.4 Å². The summed E-state index contributed by atoms with van der Waals surface area (Å²) in [4.78, 5) is 11.8. The van der Waals surface area contributed by atoms with E-state index in [-0.39, 0.29) is 17.2 Å². The highest BCUT2D eigenvalue weighted by Crippen LogP contribution is 2.36. The van der Waals surface area contributed by atoms with Crippen molar-refractivity contribution in [3.05, 3.63) is 66.2 Å². The first-order chi connectivity index (χ1) is 10.2. The molecule has 3 heteroatoms. The lowest BCUT2D eigenvalue weighted by atomic mass is 9.96. The molecule has 0 saturated heterocycles. The SMILES string of the molecule is CNC(=O)c1cccc(-c2cccc3ccccc23)c1O. The average molecular weight is 277 g/mol. The van der Waals surface area contributed by atoms with Gasteiger partial charge in [-0.05, 0) is 22.4 Å². The lowest BCUT2D eigenvalue weighted by Crippen LogP contribution is -2.17. The number of aromatic hydroxyl groups is 1. The third kappa shape index (κ3) is 2.23. The molecule has 1 amide bonds. The zero-order valence-corrected chi connectivity index (χ0v) is 11.6. The van der Waals surface area contributed by atoms with Crippen molar-refractivity contribution < 1.29 is 9.90 Å². The summed E-state index contributed by atoms with van der Waals surface area (Å²) in [5.74, 6) is -0.289. The summed E-state index contributed by atoms with van der Waals surface area (Å²) in [7, 11) is 1.55. The van der Waals surface area contributed by atoms with Crippen molar-refractivity contribution in [2.75, 3.05) is 7.05 Å². The average Bonchev–Trinajstić information content (AvgIpc) is 2.54. The first-order valence-electron chi connectivity index (χ1n) is 6.74. The van der Waals surface area contributed by atoms with Crippen LogP contribution in [-0.4, -0.2) is 18.1 Å². The van der Waals surface area contributed by atoms with E-state index in [1.807, 2.05) is 48.5 Å². The molecule has 3 nitrogen and oxygen atoms in total. The molecule has 0 saturated carbocycles. The Kier molecular flexibility index (Phi) is 3.32. The minimum Gasteiger partial charge on any atom is -0.506 e. The summed E-state index contributed by atoms with van der Waals surface area (Å²) >= 11 is 0. The molecule has 104 valence electrons. The summed E-state index contributed by atoms with van der Waals surface area (Å²) in [6, 6.07) is 19.1. The first kappa shape index (κ1) is 13.2. The van der Waals surface area contributed by atoms with Crippen LogP contribution in [0.25, 0.3) is 21.9 Å². The van der Waals surface area contributed by atoms with E-state index in [1.54, 1.807) is 19.2 Å². The molecule has 0 unspecified atom stereocenters. The van der Waals surface area contributed by atoms with E-state index in [0.29, 0.717) is 5.56 Å². The predicted molar refractivity (Wildman–Crippen MR) is 84.4 cm³/mol. The van der Waals surface area contributed by atoms with E-state index >= 15 is 0 Å². The largest absolute Gasteiger partial charge is 0.506 e. The van der Waals surface area contributed by atoms with E-state index in [4.69, 9.17) is 0 Å². The first-order valence-corrected chi connectivity index (χ1v) is 6.74. The smallest absolute Gasteiger partial charge is 0.254 e. The lowest BCUT2D eigenvalue weighted by molar-refractivity contribution is 0.0960. The molecule has 0 fully saturated rings. The van der Waals surface area contributed by atoms with E-state index in [9.17, 15) is 9.90 Å². The molecule has 3 aromatic carbocycles. The molecule has 0 radical (unpaired) electrons. The number of para-hydroxylation sites is 1. The molecule has 3 aromatic rings. The van der Waals surface area contributed by atoms with Crippen molar-refractivity contribution in [3.8, 4) is 16.9 Å². The number of fused-ring (bicyclic) bond motifs is 1. The van der Waals surface area contributed by atoms with Gasteiger partial charge in [-0.25, -0.2) is 0 Å². The monoisotopic (exact) mass is 277 g/mol. The third-order valence-corrected chi connectivity index (χ3v) is 3.59. The normalized spacial score (nSPS) is 10.5. The summed E-state index contributed by atoms with van der Waals surface area (Å²) in [5, 5.41) is 15.1. The summed E-state index contributed by atoms with van der Waals surface area (Å²) in [6.07, 6.45) is 0. The lowest BCUT2D eigenvalue weighted by Gasteiger charge is -2.11.